The lowest BCUT2D eigenvalue weighted by molar-refractivity contribution is 0.0757. The first-order chi connectivity index (χ1) is 10.0. The van der Waals surface area contributed by atoms with Crippen molar-refractivity contribution < 1.29 is 13.6 Å². The van der Waals surface area contributed by atoms with Crippen molar-refractivity contribution in [2.24, 2.45) is 0 Å². The Balaban J connectivity index is 1.73. The summed E-state index contributed by atoms with van der Waals surface area (Å²) in [6, 6.07) is 6.50. The summed E-state index contributed by atoms with van der Waals surface area (Å²) in [5.74, 6) is 0.728. The van der Waals surface area contributed by atoms with Gasteiger partial charge in [0.05, 0.1) is 5.69 Å². The van der Waals surface area contributed by atoms with Gasteiger partial charge in [-0.15, -0.1) is 0 Å². The van der Waals surface area contributed by atoms with Crippen LogP contribution in [0.5, 0.6) is 0 Å². The molecule has 110 valence electrons. The zero-order chi connectivity index (χ0) is 15.0. The number of rotatable bonds is 2. The summed E-state index contributed by atoms with van der Waals surface area (Å²) in [6.45, 7) is 4.82. The number of halogens is 1. The van der Waals surface area contributed by atoms with Crippen LogP contribution in [0.4, 0.5) is 4.39 Å². The van der Waals surface area contributed by atoms with E-state index in [4.69, 9.17) is 4.42 Å². The number of amides is 1. The van der Waals surface area contributed by atoms with Gasteiger partial charge in [0, 0.05) is 25.9 Å². The average Bonchev–Trinajstić information content (AvgIpc) is 3.06. The fraction of sp³-hybridized carbons (Fsp3) is 0.375. The Bertz CT molecular complexity index is 663. The van der Waals surface area contributed by atoms with Gasteiger partial charge in [-0.3, -0.25) is 4.79 Å². The van der Waals surface area contributed by atoms with Crippen LogP contribution in [0.3, 0.4) is 0 Å². The topological polar surface area (TPSA) is 46.3 Å². The van der Waals surface area contributed by atoms with Crippen LogP contribution < -0.4 is 0 Å². The maximum absolute atomic E-state index is 13.0. The van der Waals surface area contributed by atoms with Crippen LogP contribution in [-0.2, 0) is 0 Å². The third-order valence-electron chi connectivity index (χ3n) is 3.91. The summed E-state index contributed by atoms with van der Waals surface area (Å²) < 4.78 is 18.4. The molecule has 4 nitrogen and oxygen atoms in total. The molecule has 1 fully saturated rings. The number of oxazole rings is 1. The average molecular weight is 288 g/mol. The summed E-state index contributed by atoms with van der Waals surface area (Å²) in [5.41, 5.74) is 1.69. The Morgan fingerprint density at radius 3 is 2.67 bits per heavy atom. The summed E-state index contributed by atoms with van der Waals surface area (Å²) in [4.78, 5) is 18.4. The van der Waals surface area contributed by atoms with Gasteiger partial charge >= 0.3 is 0 Å². The van der Waals surface area contributed by atoms with Crippen molar-refractivity contribution in [2.75, 3.05) is 13.1 Å². The monoisotopic (exact) mass is 288 g/mol. The molecule has 2 heterocycles. The molecule has 0 radical (unpaired) electrons. The van der Waals surface area contributed by atoms with E-state index in [9.17, 15) is 9.18 Å². The Morgan fingerprint density at radius 1 is 1.33 bits per heavy atom. The molecule has 2 aromatic rings. The first kappa shape index (κ1) is 13.8. The van der Waals surface area contributed by atoms with Crippen LogP contribution in [0.2, 0.25) is 0 Å². The molecular formula is C16H17FN2O2. The predicted octanol–water partition coefficient (Wildman–Crippen LogP) is 3.06. The largest absolute Gasteiger partial charge is 0.436 e. The zero-order valence-electron chi connectivity index (χ0n) is 12.1. The fourth-order valence-electron chi connectivity index (χ4n) is 2.83. The SMILES string of the molecule is Cc1nc(C)c(C(=O)N2CCC(c3ccc(F)cc3)C2)o1. The van der Waals surface area contributed by atoms with E-state index < -0.39 is 0 Å². The van der Waals surface area contributed by atoms with Gasteiger partial charge < -0.3 is 9.32 Å². The Kier molecular flexibility index (Phi) is 3.49. The first-order valence-electron chi connectivity index (χ1n) is 7.03. The Labute approximate surface area is 122 Å². The van der Waals surface area contributed by atoms with E-state index in [1.165, 1.54) is 12.1 Å². The lowest BCUT2D eigenvalue weighted by Gasteiger charge is -2.15. The number of nitrogens with zero attached hydrogens (tertiary/aromatic N) is 2. The number of carbonyl (C=O) groups is 1. The molecule has 1 unspecified atom stereocenters. The van der Waals surface area contributed by atoms with E-state index in [-0.39, 0.29) is 17.6 Å². The smallest absolute Gasteiger partial charge is 0.291 e. The molecule has 5 heteroatoms. The van der Waals surface area contributed by atoms with Crippen LogP contribution in [0.15, 0.2) is 28.7 Å². The zero-order valence-corrected chi connectivity index (χ0v) is 12.1. The van der Waals surface area contributed by atoms with E-state index >= 15 is 0 Å². The highest BCUT2D eigenvalue weighted by Gasteiger charge is 2.30. The summed E-state index contributed by atoms with van der Waals surface area (Å²) in [7, 11) is 0. The van der Waals surface area contributed by atoms with Gasteiger partial charge in [0.2, 0.25) is 5.76 Å². The molecular weight excluding hydrogens is 271 g/mol. The Hall–Kier alpha value is -2.17. The van der Waals surface area contributed by atoms with Gasteiger partial charge in [-0.25, -0.2) is 9.37 Å². The maximum Gasteiger partial charge on any atom is 0.291 e. The van der Waals surface area contributed by atoms with Gasteiger partial charge in [0.25, 0.3) is 5.91 Å². The fourth-order valence-corrected chi connectivity index (χ4v) is 2.83. The quantitative estimate of drug-likeness (QED) is 0.853. The molecule has 0 saturated carbocycles. The van der Waals surface area contributed by atoms with Crippen molar-refractivity contribution in [1.29, 1.82) is 0 Å². The van der Waals surface area contributed by atoms with Crippen LogP contribution in [0.25, 0.3) is 0 Å². The number of likely N-dealkylation sites (tertiary alicyclic amines) is 1. The van der Waals surface area contributed by atoms with Gasteiger partial charge in [-0.1, -0.05) is 12.1 Å². The second kappa shape index (κ2) is 5.31. The van der Waals surface area contributed by atoms with Crippen molar-refractivity contribution in [1.82, 2.24) is 9.88 Å². The lowest BCUT2D eigenvalue weighted by Crippen LogP contribution is -2.28. The molecule has 1 aliphatic heterocycles. The van der Waals surface area contributed by atoms with Gasteiger partial charge in [-0.05, 0) is 31.0 Å². The van der Waals surface area contributed by atoms with E-state index in [0.29, 0.717) is 30.4 Å². The number of hydrogen-bond donors (Lipinski definition) is 0. The van der Waals surface area contributed by atoms with Crippen molar-refractivity contribution in [3.63, 3.8) is 0 Å². The van der Waals surface area contributed by atoms with Gasteiger partial charge in [-0.2, -0.15) is 0 Å². The minimum Gasteiger partial charge on any atom is -0.436 e. The van der Waals surface area contributed by atoms with Crippen molar-refractivity contribution in [2.45, 2.75) is 26.2 Å². The second-order valence-electron chi connectivity index (χ2n) is 5.44. The van der Waals surface area contributed by atoms with Gasteiger partial charge in [0.1, 0.15) is 5.82 Å². The highest BCUT2D eigenvalue weighted by molar-refractivity contribution is 5.92. The minimum atomic E-state index is -0.238. The molecule has 1 aromatic carbocycles. The Morgan fingerprint density at radius 2 is 2.05 bits per heavy atom. The number of aromatic nitrogens is 1. The molecule has 0 bridgehead atoms. The summed E-state index contributed by atoms with van der Waals surface area (Å²) in [6.07, 6.45) is 0.879. The highest BCUT2D eigenvalue weighted by Crippen LogP contribution is 2.28. The molecule has 0 aliphatic carbocycles. The number of benzene rings is 1. The molecule has 0 spiro atoms. The predicted molar refractivity (Wildman–Crippen MR) is 75.6 cm³/mol. The standard InChI is InChI=1S/C16H17FN2O2/c1-10-15(21-11(2)18-10)16(20)19-8-7-13(9-19)12-3-5-14(17)6-4-12/h3-6,13H,7-9H2,1-2H3. The first-order valence-corrected chi connectivity index (χ1v) is 7.03. The molecule has 1 atom stereocenters. The summed E-state index contributed by atoms with van der Waals surface area (Å²) in [5, 5.41) is 0. The molecule has 1 amide bonds. The minimum absolute atomic E-state index is 0.113. The van der Waals surface area contributed by atoms with E-state index in [0.717, 1.165) is 12.0 Å². The second-order valence-corrected chi connectivity index (χ2v) is 5.44. The van der Waals surface area contributed by atoms with Crippen molar-refractivity contribution >= 4 is 5.91 Å². The number of hydrogen-bond acceptors (Lipinski definition) is 3. The van der Waals surface area contributed by atoms with E-state index in [1.807, 2.05) is 0 Å². The van der Waals surface area contributed by atoms with Crippen LogP contribution in [0, 0.1) is 19.7 Å². The van der Waals surface area contributed by atoms with Crippen molar-refractivity contribution in [3.05, 3.63) is 53.0 Å². The maximum atomic E-state index is 13.0. The summed E-state index contributed by atoms with van der Waals surface area (Å²) >= 11 is 0. The molecule has 1 aliphatic rings. The number of aryl methyl sites for hydroxylation is 2. The van der Waals surface area contributed by atoms with E-state index in [2.05, 4.69) is 4.98 Å². The van der Waals surface area contributed by atoms with Crippen LogP contribution in [0.1, 0.15) is 40.0 Å². The molecule has 1 saturated heterocycles. The van der Waals surface area contributed by atoms with Crippen LogP contribution >= 0.6 is 0 Å². The molecule has 0 N–H and O–H groups in total. The number of carbonyl (C=O) groups excluding carboxylic acids is 1. The third kappa shape index (κ3) is 2.68. The lowest BCUT2D eigenvalue weighted by atomic mass is 9.99. The molecule has 3 rings (SSSR count). The van der Waals surface area contributed by atoms with E-state index in [1.54, 1.807) is 30.9 Å². The highest BCUT2D eigenvalue weighted by atomic mass is 19.1. The van der Waals surface area contributed by atoms with Crippen molar-refractivity contribution in [3.8, 4) is 0 Å². The molecule has 1 aromatic heterocycles. The van der Waals surface area contributed by atoms with Gasteiger partial charge in [0.15, 0.2) is 5.89 Å². The normalized spacial score (nSPS) is 18.2. The van der Waals surface area contributed by atoms with Crippen LogP contribution in [-0.4, -0.2) is 28.9 Å². The third-order valence-corrected chi connectivity index (χ3v) is 3.91. The molecule has 21 heavy (non-hydrogen) atoms.